The maximum Gasteiger partial charge on any atom is 0.203 e. The van der Waals surface area contributed by atoms with Gasteiger partial charge in [0.25, 0.3) is 0 Å². The number of aromatic nitrogens is 2. The van der Waals surface area contributed by atoms with E-state index in [0.29, 0.717) is 12.6 Å². The molecule has 0 spiro atoms. The molecule has 0 saturated heterocycles. The van der Waals surface area contributed by atoms with Gasteiger partial charge in [-0.05, 0) is 13.3 Å². The lowest BCUT2D eigenvalue weighted by Gasteiger charge is -2.17. The first-order valence-electron chi connectivity index (χ1n) is 5.79. The standard InChI is InChI=1S/C11H22N4/c1-3-5-6-10(9-12)14-11-13-7-8-15(11)4-2/h7-8,10H,3-6,9,12H2,1-2H3,(H,13,14). The molecular formula is C11H22N4. The first-order chi connectivity index (χ1) is 7.31. The van der Waals surface area contributed by atoms with Crippen LogP contribution in [0.3, 0.4) is 0 Å². The van der Waals surface area contributed by atoms with Crippen LogP contribution in [0, 0.1) is 0 Å². The molecule has 1 unspecified atom stereocenters. The Bertz CT molecular complexity index is 269. The van der Waals surface area contributed by atoms with Crippen molar-refractivity contribution in [2.75, 3.05) is 11.9 Å². The Kier molecular flexibility index (Phi) is 5.18. The molecule has 0 amide bonds. The number of aryl methyl sites for hydroxylation is 1. The molecule has 3 N–H and O–H groups in total. The Hall–Kier alpha value is -1.03. The smallest absolute Gasteiger partial charge is 0.203 e. The Morgan fingerprint density at radius 3 is 2.93 bits per heavy atom. The SMILES string of the molecule is CCCCC(CN)Nc1nccn1CC. The molecule has 0 aliphatic rings. The van der Waals surface area contributed by atoms with E-state index in [-0.39, 0.29) is 0 Å². The molecule has 1 atom stereocenters. The van der Waals surface area contributed by atoms with Gasteiger partial charge in [-0.25, -0.2) is 4.98 Å². The second kappa shape index (κ2) is 6.45. The number of hydrogen-bond acceptors (Lipinski definition) is 3. The zero-order chi connectivity index (χ0) is 11.1. The second-order valence-corrected chi connectivity index (χ2v) is 3.76. The molecule has 0 aliphatic carbocycles. The Morgan fingerprint density at radius 1 is 1.53 bits per heavy atom. The van der Waals surface area contributed by atoms with Crippen molar-refractivity contribution in [3.63, 3.8) is 0 Å². The number of nitrogens with two attached hydrogens (primary N) is 1. The van der Waals surface area contributed by atoms with Crippen LogP contribution < -0.4 is 11.1 Å². The van der Waals surface area contributed by atoms with Gasteiger partial charge in [0.2, 0.25) is 5.95 Å². The van der Waals surface area contributed by atoms with Gasteiger partial charge >= 0.3 is 0 Å². The third-order valence-corrected chi connectivity index (χ3v) is 2.58. The highest BCUT2D eigenvalue weighted by molar-refractivity contribution is 5.27. The molecule has 0 aromatic carbocycles. The van der Waals surface area contributed by atoms with Crippen molar-refractivity contribution in [2.24, 2.45) is 5.73 Å². The van der Waals surface area contributed by atoms with Crippen molar-refractivity contribution in [1.29, 1.82) is 0 Å². The molecule has 1 rings (SSSR count). The second-order valence-electron chi connectivity index (χ2n) is 3.76. The monoisotopic (exact) mass is 210 g/mol. The van der Waals surface area contributed by atoms with Crippen molar-refractivity contribution < 1.29 is 0 Å². The van der Waals surface area contributed by atoms with Gasteiger partial charge in [-0.3, -0.25) is 0 Å². The summed E-state index contributed by atoms with van der Waals surface area (Å²) in [4.78, 5) is 4.28. The van der Waals surface area contributed by atoms with Gasteiger partial charge in [-0.15, -0.1) is 0 Å². The fourth-order valence-electron chi connectivity index (χ4n) is 1.59. The summed E-state index contributed by atoms with van der Waals surface area (Å²) in [5.74, 6) is 0.934. The van der Waals surface area contributed by atoms with Gasteiger partial charge in [0, 0.05) is 31.5 Å². The lowest BCUT2D eigenvalue weighted by Crippen LogP contribution is -2.30. The molecule has 0 radical (unpaired) electrons. The molecule has 0 saturated carbocycles. The van der Waals surface area contributed by atoms with Crippen LogP contribution in [0.4, 0.5) is 5.95 Å². The van der Waals surface area contributed by atoms with Crippen LogP contribution in [0.15, 0.2) is 12.4 Å². The van der Waals surface area contributed by atoms with Gasteiger partial charge in [0.1, 0.15) is 0 Å². The van der Waals surface area contributed by atoms with E-state index in [1.807, 2.05) is 12.4 Å². The highest BCUT2D eigenvalue weighted by Crippen LogP contribution is 2.09. The molecule has 0 bridgehead atoms. The van der Waals surface area contributed by atoms with Gasteiger partial charge in [-0.2, -0.15) is 0 Å². The highest BCUT2D eigenvalue weighted by atomic mass is 15.2. The number of unbranched alkanes of at least 4 members (excludes halogenated alkanes) is 1. The van der Waals surface area contributed by atoms with E-state index in [9.17, 15) is 0 Å². The first-order valence-corrected chi connectivity index (χ1v) is 5.79. The fourth-order valence-corrected chi connectivity index (χ4v) is 1.59. The average Bonchev–Trinajstić information content (AvgIpc) is 2.71. The van der Waals surface area contributed by atoms with Crippen LogP contribution >= 0.6 is 0 Å². The molecule has 4 heteroatoms. The number of hydrogen-bond donors (Lipinski definition) is 2. The van der Waals surface area contributed by atoms with Crippen molar-refractivity contribution in [1.82, 2.24) is 9.55 Å². The van der Waals surface area contributed by atoms with Crippen molar-refractivity contribution in [3.8, 4) is 0 Å². The summed E-state index contributed by atoms with van der Waals surface area (Å²) in [5.41, 5.74) is 5.72. The summed E-state index contributed by atoms with van der Waals surface area (Å²) in [6, 6.07) is 0.345. The van der Waals surface area contributed by atoms with Crippen LogP contribution in [0.5, 0.6) is 0 Å². The Balaban J connectivity index is 2.50. The highest BCUT2D eigenvalue weighted by Gasteiger charge is 2.08. The van der Waals surface area contributed by atoms with Crippen molar-refractivity contribution in [3.05, 3.63) is 12.4 Å². The topological polar surface area (TPSA) is 55.9 Å². The van der Waals surface area contributed by atoms with E-state index in [2.05, 4.69) is 28.7 Å². The van der Waals surface area contributed by atoms with E-state index >= 15 is 0 Å². The fraction of sp³-hybridized carbons (Fsp3) is 0.727. The van der Waals surface area contributed by atoms with E-state index in [1.54, 1.807) is 0 Å². The van der Waals surface area contributed by atoms with E-state index in [1.165, 1.54) is 12.8 Å². The number of imidazole rings is 1. The summed E-state index contributed by atoms with van der Waals surface area (Å²) in [6.45, 7) is 5.90. The summed E-state index contributed by atoms with van der Waals surface area (Å²) in [6.07, 6.45) is 7.33. The molecule has 0 fully saturated rings. The minimum absolute atomic E-state index is 0.345. The van der Waals surface area contributed by atoms with Gasteiger partial charge in [-0.1, -0.05) is 19.8 Å². The number of rotatable bonds is 7. The number of anilines is 1. The van der Waals surface area contributed by atoms with Crippen molar-refractivity contribution >= 4 is 5.95 Å². The molecule has 0 aliphatic heterocycles. The lowest BCUT2D eigenvalue weighted by atomic mass is 10.1. The van der Waals surface area contributed by atoms with Crippen molar-refractivity contribution in [2.45, 2.75) is 45.7 Å². The van der Waals surface area contributed by atoms with E-state index in [0.717, 1.165) is 18.9 Å². The third-order valence-electron chi connectivity index (χ3n) is 2.58. The summed E-state index contributed by atoms with van der Waals surface area (Å²) < 4.78 is 2.09. The van der Waals surface area contributed by atoms with E-state index < -0.39 is 0 Å². The number of nitrogens with zero attached hydrogens (tertiary/aromatic N) is 2. The molecule has 15 heavy (non-hydrogen) atoms. The minimum atomic E-state index is 0.345. The number of nitrogens with one attached hydrogen (secondary N) is 1. The van der Waals surface area contributed by atoms with Crippen LogP contribution in [0.1, 0.15) is 33.1 Å². The first kappa shape index (κ1) is 12.0. The largest absolute Gasteiger partial charge is 0.352 e. The van der Waals surface area contributed by atoms with Crippen LogP contribution in [0.25, 0.3) is 0 Å². The lowest BCUT2D eigenvalue weighted by molar-refractivity contribution is 0.603. The van der Waals surface area contributed by atoms with Gasteiger partial charge < -0.3 is 15.6 Å². The predicted molar refractivity (Wildman–Crippen MR) is 63.9 cm³/mol. The third kappa shape index (κ3) is 3.55. The summed E-state index contributed by atoms with van der Waals surface area (Å²) in [7, 11) is 0. The maximum absolute atomic E-state index is 5.72. The zero-order valence-corrected chi connectivity index (χ0v) is 9.74. The van der Waals surface area contributed by atoms with Crippen LogP contribution in [-0.4, -0.2) is 22.1 Å². The zero-order valence-electron chi connectivity index (χ0n) is 9.74. The average molecular weight is 210 g/mol. The minimum Gasteiger partial charge on any atom is -0.352 e. The molecule has 4 nitrogen and oxygen atoms in total. The Labute approximate surface area is 91.9 Å². The normalized spacial score (nSPS) is 12.7. The molecule has 1 aromatic heterocycles. The Morgan fingerprint density at radius 2 is 2.33 bits per heavy atom. The van der Waals surface area contributed by atoms with E-state index in [4.69, 9.17) is 5.73 Å². The molecular weight excluding hydrogens is 188 g/mol. The maximum atomic E-state index is 5.72. The molecule has 1 heterocycles. The van der Waals surface area contributed by atoms with Gasteiger partial charge in [0.05, 0.1) is 0 Å². The van der Waals surface area contributed by atoms with Crippen LogP contribution in [0.2, 0.25) is 0 Å². The predicted octanol–water partition coefficient (Wildman–Crippen LogP) is 1.83. The van der Waals surface area contributed by atoms with Crippen LogP contribution in [-0.2, 0) is 6.54 Å². The molecule has 1 aromatic rings. The van der Waals surface area contributed by atoms with Gasteiger partial charge in [0.15, 0.2) is 0 Å². The molecule has 86 valence electrons. The summed E-state index contributed by atoms with van der Waals surface area (Å²) >= 11 is 0. The summed E-state index contributed by atoms with van der Waals surface area (Å²) in [5, 5.41) is 3.39. The quantitative estimate of drug-likeness (QED) is 0.722.